The molecule has 0 aliphatic carbocycles. The molecule has 0 unspecified atom stereocenters. The smallest absolute Gasteiger partial charge is 0.340 e. The van der Waals surface area contributed by atoms with Crippen LogP contribution in [0.25, 0.3) is 11.1 Å². The lowest BCUT2D eigenvalue weighted by molar-refractivity contribution is -0.384. The first kappa shape index (κ1) is 24.1. The number of nitrogens with two attached hydrogens (primary N) is 1. The van der Waals surface area contributed by atoms with Crippen LogP contribution in [0, 0.1) is 10.1 Å². The molecule has 174 valence electrons. The zero-order valence-corrected chi connectivity index (χ0v) is 19.4. The number of rotatable bonds is 8. The predicted molar refractivity (Wildman–Crippen MR) is 128 cm³/mol. The maximum absolute atomic E-state index is 12.8. The van der Waals surface area contributed by atoms with E-state index in [2.05, 4.69) is 10.3 Å². The van der Waals surface area contributed by atoms with Crippen molar-refractivity contribution < 1.29 is 14.5 Å². The number of carbonyl (C=O) groups is 1. The van der Waals surface area contributed by atoms with Crippen molar-refractivity contribution in [2.75, 3.05) is 17.6 Å². The maximum Gasteiger partial charge on any atom is 0.340 e. The Kier molecular flexibility index (Phi) is 7.23. The van der Waals surface area contributed by atoms with E-state index >= 15 is 0 Å². The highest BCUT2D eigenvalue weighted by Gasteiger charge is 2.23. The lowest BCUT2D eigenvalue weighted by Crippen LogP contribution is -2.24. The van der Waals surface area contributed by atoms with Crippen molar-refractivity contribution in [2.24, 2.45) is 0 Å². The molecule has 3 rings (SSSR count). The van der Waals surface area contributed by atoms with Gasteiger partial charge in [-0.3, -0.25) is 10.1 Å². The molecule has 0 fully saturated rings. The molecule has 2 heterocycles. The summed E-state index contributed by atoms with van der Waals surface area (Å²) in [5, 5.41) is 14.6. The Bertz CT molecular complexity index is 1150. The van der Waals surface area contributed by atoms with E-state index in [1.54, 1.807) is 18.3 Å². The second-order valence-electron chi connectivity index (χ2n) is 8.47. The van der Waals surface area contributed by atoms with Gasteiger partial charge in [-0.2, -0.15) is 0 Å². The van der Waals surface area contributed by atoms with E-state index < -0.39 is 16.5 Å². The van der Waals surface area contributed by atoms with Gasteiger partial charge in [0, 0.05) is 42.1 Å². The fourth-order valence-electron chi connectivity index (χ4n) is 3.19. The number of aryl methyl sites for hydroxylation is 1. The minimum absolute atomic E-state index is 0.134. The fourth-order valence-corrected chi connectivity index (χ4v) is 3.32. The maximum atomic E-state index is 12.8. The first-order chi connectivity index (χ1) is 15.5. The number of pyridine rings is 1. The zero-order chi connectivity index (χ0) is 24.2. The molecule has 2 aromatic heterocycles. The SMILES string of the molecule is CC(C)(C)OC(=O)c1cn(CCCNc2ccc([N+](=O)[O-])c(N)n2)cc1-c1ccc(Cl)cc1. The molecule has 0 atom stereocenters. The first-order valence-electron chi connectivity index (χ1n) is 10.4. The largest absolute Gasteiger partial charge is 0.456 e. The molecule has 10 heteroatoms. The number of halogens is 1. The van der Waals surface area contributed by atoms with Gasteiger partial charge in [0.05, 0.1) is 10.5 Å². The van der Waals surface area contributed by atoms with Crippen LogP contribution in [0.15, 0.2) is 48.8 Å². The van der Waals surface area contributed by atoms with Gasteiger partial charge in [-0.25, -0.2) is 9.78 Å². The molecule has 0 amide bonds. The topological polar surface area (TPSA) is 125 Å². The molecule has 0 saturated heterocycles. The van der Waals surface area contributed by atoms with E-state index in [4.69, 9.17) is 22.1 Å². The number of carbonyl (C=O) groups excluding carboxylic acids is 1. The monoisotopic (exact) mass is 471 g/mol. The van der Waals surface area contributed by atoms with E-state index in [9.17, 15) is 14.9 Å². The van der Waals surface area contributed by atoms with Gasteiger partial charge in [-0.05, 0) is 51.0 Å². The Morgan fingerprint density at radius 2 is 1.91 bits per heavy atom. The Morgan fingerprint density at radius 3 is 2.52 bits per heavy atom. The van der Waals surface area contributed by atoms with Crippen LogP contribution in [0.4, 0.5) is 17.3 Å². The van der Waals surface area contributed by atoms with Crippen LogP contribution in [-0.2, 0) is 11.3 Å². The molecule has 0 saturated carbocycles. The van der Waals surface area contributed by atoms with Crippen molar-refractivity contribution in [1.29, 1.82) is 0 Å². The van der Waals surface area contributed by atoms with Gasteiger partial charge < -0.3 is 20.4 Å². The molecule has 0 spiro atoms. The van der Waals surface area contributed by atoms with Crippen LogP contribution in [0.3, 0.4) is 0 Å². The third-order valence-corrected chi connectivity index (χ3v) is 4.90. The molecule has 0 aliphatic heterocycles. The van der Waals surface area contributed by atoms with Crippen molar-refractivity contribution in [2.45, 2.75) is 39.3 Å². The molecule has 0 bridgehead atoms. The van der Waals surface area contributed by atoms with Crippen molar-refractivity contribution in [1.82, 2.24) is 9.55 Å². The Hall–Kier alpha value is -3.59. The second-order valence-corrected chi connectivity index (χ2v) is 8.91. The van der Waals surface area contributed by atoms with Crippen LogP contribution in [0.1, 0.15) is 37.6 Å². The highest BCUT2D eigenvalue weighted by atomic mass is 35.5. The van der Waals surface area contributed by atoms with E-state index in [0.29, 0.717) is 35.9 Å². The summed E-state index contributed by atoms with van der Waals surface area (Å²) >= 11 is 6.01. The molecule has 0 aliphatic rings. The molecule has 3 N–H and O–H groups in total. The van der Waals surface area contributed by atoms with Crippen LogP contribution in [0.2, 0.25) is 5.02 Å². The van der Waals surface area contributed by atoms with E-state index in [1.165, 1.54) is 12.1 Å². The van der Waals surface area contributed by atoms with Gasteiger partial charge in [0.15, 0.2) is 0 Å². The van der Waals surface area contributed by atoms with Gasteiger partial charge in [0.1, 0.15) is 11.4 Å². The number of nitro groups is 1. The Labute approximate surface area is 196 Å². The van der Waals surface area contributed by atoms with Crippen molar-refractivity contribution in [3.05, 3.63) is 69.5 Å². The zero-order valence-electron chi connectivity index (χ0n) is 18.7. The van der Waals surface area contributed by atoms with Gasteiger partial charge in [0.2, 0.25) is 5.82 Å². The lowest BCUT2D eigenvalue weighted by Gasteiger charge is -2.19. The third kappa shape index (κ3) is 6.45. The molecule has 33 heavy (non-hydrogen) atoms. The number of nitrogens with zero attached hydrogens (tertiary/aromatic N) is 3. The minimum Gasteiger partial charge on any atom is -0.456 e. The molecule has 1 aromatic carbocycles. The molecule has 0 radical (unpaired) electrons. The van der Waals surface area contributed by atoms with E-state index in [-0.39, 0.29) is 11.5 Å². The third-order valence-electron chi connectivity index (χ3n) is 4.65. The molecular weight excluding hydrogens is 446 g/mol. The van der Waals surface area contributed by atoms with E-state index in [0.717, 1.165) is 11.1 Å². The number of benzene rings is 1. The summed E-state index contributed by atoms with van der Waals surface area (Å²) in [4.78, 5) is 27.1. The summed E-state index contributed by atoms with van der Waals surface area (Å²) in [6.45, 7) is 6.66. The number of ether oxygens (including phenoxy) is 1. The summed E-state index contributed by atoms with van der Waals surface area (Å²) in [7, 11) is 0. The van der Waals surface area contributed by atoms with Crippen molar-refractivity contribution in [3.8, 4) is 11.1 Å². The average molecular weight is 472 g/mol. The number of anilines is 2. The molecular formula is C23H26ClN5O4. The average Bonchev–Trinajstić information content (AvgIpc) is 3.15. The summed E-state index contributed by atoms with van der Waals surface area (Å²) < 4.78 is 7.52. The number of nitrogen functional groups attached to an aromatic ring is 1. The second kappa shape index (κ2) is 9.91. The van der Waals surface area contributed by atoms with Crippen LogP contribution >= 0.6 is 11.6 Å². The summed E-state index contributed by atoms with van der Waals surface area (Å²) in [5.41, 5.74) is 6.89. The predicted octanol–water partition coefficient (Wildman–Crippen LogP) is 5.15. The molecule has 9 nitrogen and oxygen atoms in total. The van der Waals surface area contributed by atoms with Gasteiger partial charge in [-0.15, -0.1) is 0 Å². The minimum atomic E-state index is -0.611. The number of hydrogen-bond acceptors (Lipinski definition) is 7. The normalized spacial score (nSPS) is 11.3. The first-order valence-corrected chi connectivity index (χ1v) is 10.7. The number of nitrogens with one attached hydrogen (secondary N) is 1. The Balaban J connectivity index is 1.70. The highest BCUT2D eigenvalue weighted by Crippen LogP contribution is 2.28. The van der Waals surface area contributed by atoms with Crippen LogP contribution in [-0.4, -0.2) is 32.6 Å². The quantitative estimate of drug-likeness (QED) is 0.201. The fraction of sp³-hybridized carbons (Fsp3) is 0.304. The van der Waals surface area contributed by atoms with Crippen LogP contribution < -0.4 is 11.1 Å². The summed E-state index contributed by atoms with van der Waals surface area (Å²) in [5.74, 6) is -0.0678. The summed E-state index contributed by atoms with van der Waals surface area (Å²) in [6, 6.07) is 10.1. The van der Waals surface area contributed by atoms with Crippen molar-refractivity contribution >= 4 is 34.9 Å². The number of hydrogen-bond donors (Lipinski definition) is 2. The highest BCUT2D eigenvalue weighted by molar-refractivity contribution is 6.30. The van der Waals surface area contributed by atoms with Gasteiger partial charge in [0.25, 0.3) is 0 Å². The standard InChI is InChI=1S/C23H26ClN5O4/c1-23(2,3)33-22(30)18-14-28(13-17(18)15-5-7-16(24)8-6-15)12-4-11-26-20-10-9-19(29(31)32)21(25)27-20/h5-10,13-14H,4,11-12H2,1-3H3,(H3,25,26,27). The van der Waals surface area contributed by atoms with Gasteiger partial charge in [-0.1, -0.05) is 23.7 Å². The summed E-state index contributed by atoms with van der Waals surface area (Å²) in [6.07, 6.45) is 4.39. The number of aromatic nitrogens is 2. The van der Waals surface area contributed by atoms with Crippen molar-refractivity contribution in [3.63, 3.8) is 0 Å². The van der Waals surface area contributed by atoms with E-state index in [1.807, 2.05) is 43.7 Å². The lowest BCUT2D eigenvalue weighted by atomic mass is 10.0. The van der Waals surface area contributed by atoms with Gasteiger partial charge >= 0.3 is 11.7 Å². The Morgan fingerprint density at radius 1 is 1.21 bits per heavy atom. The van der Waals surface area contributed by atoms with Crippen LogP contribution in [0.5, 0.6) is 0 Å². The number of esters is 1. The molecule has 3 aromatic rings.